The Balaban J connectivity index is 1.70. The van der Waals surface area contributed by atoms with E-state index in [1.165, 1.54) is 44.2 Å². The van der Waals surface area contributed by atoms with Crippen LogP contribution in [-0.2, 0) is 0 Å². The van der Waals surface area contributed by atoms with Crippen molar-refractivity contribution in [2.24, 2.45) is 5.92 Å². The molecule has 3 rings (SSSR count). The summed E-state index contributed by atoms with van der Waals surface area (Å²) >= 11 is 0. The highest BCUT2D eigenvalue weighted by atomic mass is 16.4. The third-order valence-electron chi connectivity index (χ3n) is 4.46. The van der Waals surface area contributed by atoms with Gasteiger partial charge < -0.3 is 14.4 Å². The molecule has 0 spiro atoms. The van der Waals surface area contributed by atoms with Gasteiger partial charge >= 0.3 is 5.97 Å². The SMILES string of the molecule is O=C(O)c1ccc(C(=O)N(CC2CCCCC2)C2CC2)o1. The number of hydrogen-bond donors (Lipinski definition) is 1. The van der Waals surface area contributed by atoms with E-state index in [1.807, 2.05) is 4.90 Å². The minimum absolute atomic E-state index is 0.148. The van der Waals surface area contributed by atoms with Crippen molar-refractivity contribution in [3.63, 3.8) is 0 Å². The number of amides is 1. The van der Waals surface area contributed by atoms with Crippen LogP contribution in [0, 0.1) is 5.92 Å². The van der Waals surface area contributed by atoms with Gasteiger partial charge in [0.05, 0.1) is 0 Å². The third-order valence-corrected chi connectivity index (χ3v) is 4.46. The molecule has 2 saturated carbocycles. The number of carbonyl (C=O) groups excluding carboxylic acids is 1. The van der Waals surface area contributed by atoms with E-state index in [1.54, 1.807) is 0 Å². The molecule has 0 aliphatic heterocycles. The second kappa shape index (κ2) is 5.92. The predicted octanol–water partition coefficient (Wildman–Crippen LogP) is 3.16. The molecule has 2 aliphatic carbocycles. The van der Waals surface area contributed by atoms with Crippen molar-refractivity contribution in [2.75, 3.05) is 6.54 Å². The molecule has 0 radical (unpaired) electrons. The van der Waals surface area contributed by atoms with Crippen molar-refractivity contribution in [1.29, 1.82) is 0 Å². The van der Waals surface area contributed by atoms with Crippen LogP contribution >= 0.6 is 0 Å². The van der Waals surface area contributed by atoms with Gasteiger partial charge in [-0.2, -0.15) is 0 Å². The summed E-state index contributed by atoms with van der Waals surface area (Å²) in [6.45, 7) is 0.784. The van der Waals surface area contributed by atoms with Crippen molar-refractivity contribution in [1.82, 2.24) is 4.90 Å². The Morgan fingerprint density at radius 3 is 2.33 bits per heavy atom. The molecule has 114 valence electrons. The van der Waals surface area contributed by atoms with Gasteiger partial charge in [0, 0.05) is 12.6 Å². The van der Waals surface area contributed by atoms with Crippen LogP contribution in [0.5, 0.6) is 0 Å². The first kappa shape index (κ1) is 14.2. The Bertz CT molecular complexity index is 526. The topological polar surface area (TPSA) is 70.8 Å². The Morgan fingerprint density at radius 2 is 1.76 bits per heavy atom. The lowest BCUT2D eigenvalue weighted by molar-refractivity contribution is 0.0633. The maximum Gasteiger partial charge on any atom is 0.371 e. The zero-order valence-corrected chi connectivity index (χ0v) is 12.1. The van der Waals surface area contributed by atoms with Gasteiger partial charge in [-0.1, -0.05) is 19.3 Å². The summed E-state index contributed by atoms with van der Waals surface area (Å²) in [4.78, 5) is 25.3. The van der Waals surface area contributed by atoms with E-state index in [2.05, 4.69) is 0 Å². The van der Waals surface area contributed by atoms with Crippen molar-refractivity contribution in [3.05, 3.63) is 23.7 Å². The van der Waals surface area contributed by atoms with Crippen molar-refractivity contribution >= 4 is 11.9 Å². The van der Waals surface area contributed by atoms with Crippen LogP contribution in [0.4, 0.5) is 0 Å². The van der Waals surface area contributed by atoms with Crippen LogP contribution in [0.2, 0.25) is 0 Å². The lowest BCUT2D eigenvalue weighted by Gasteiger charge is -2.29. The highest BCUT2D eigenvalue weighted by molar-refractivity contribution is 5.93. The number of carbonyl (C=O) groups is 2. The molecule has 2 aliphatic rings. The molecule has 5 heteroatoms. The quantitative estimate of drug-likeness (QED) is 0.904. The Labute approximate surface area is 123 Å². The summed E-state index contributed by atoms with van der Waals surface area (Å²) in [5, 5.41) is 8.88. The molecule has 2 fully saturated rings. The summed E-state index contributed by atoms with van der Waals surface area (Å²) < 4.78 is 5.16. The fraction of sp³-hybridized carbons (Fsp3) is 0.625. The van der Waals surface area contributed by atoms with E-state index in [9.17, 15) is 9.59 Å². The predicted molar refractivity (Wildman–Crippen MR) is 76.3 cm³/mol. The van der Waals surface area contributed by atoms with Crippen molar-refractivity contribution < 1.29 is 19.1 Å². The van der Waals surface area contributed by atoms with E-state index < -0.39 is 5.97 Å². The smallest absolute Gasteiger partial charge is 0.371 e. The number of carboxylic acid groups (broad SMARTS) is 1. The third kappa shape index (κ3) is 3.28. The average Bonchev–Trinajstić information content (AvgIpc) is 3.20. The molecular formula is C16H21NO4. The molecule has 5 nitrogen and oxygen atoms in total. The number of nitrogens with zero attached hydrogens (tertiary/aromatic N) is 1. The standard InChI is InChI=1S/C16H21NO4/c18-15(13-8-9-14(21-13)16(19)20)17(12-6-7-12)10-11-4-2-1-3-5-11/h8-9,11-12H,1-7,10H2,(H,19,20). The van der Waals surface area contributed by atoms with Crippen LogP contribution < -0.4 is 0 Å². The normalized spacial score (nSPS) is 19.4. The maximum absolute atomic E-state index is 12.6. The molecule has 1 amide bonds. The first-order valence-corrected chi connectivity index (χ1v) is 7.79. The summed E-state index contributed by atoms with van der Waals surface area (Å²) in [5.41, 5.74) is 0. The van der Waals surface area contributed by atoms with E-state index >= 15 is 0 Å². The largest absolute Gasteiger partial charge is 0.475 e. The monoisotopic (exact) mass is 291 g/mol. The van der Waals surface area contributed by atoms with Gasteiger partial charge in [-0.05, 0) is 43.7 Å². The number of hydrogen-bond acceptors (Lipinski definition) is 3. The summed E-state index contributed by atoms with van der Waals surface area (Å²) in [6, 6.07) is 3.14. The molecule has 0 bridgehead atoms. The van der Waals surface area contributed by atoms with E-state index in [4.69, 9.17) is 9.52 Å². The van der Waals surface area contributed by atoms with Gasteiger partial charge in [0.25, 0.3) is 5.91 Å². The van der Waals surface area contributed by atoms with E-state index in [0.717, 1.165) is 19.4 Å². The van der Waals surface area contributed by atoms with Crippen LogP contribution in [0.25, 0.3) is 0 Å². The van der Waals surface area contributed by atoms with Gasteiger partial charge in [0.15, 0.2) is 5.76 Å². The molecule has 1 heterocycles. The Hall–Kier alpha value is -1.78. The minimum Gasteiger partial charge on any atom is -0.475 e. The molecule has 0 aromatic carbocycles. The van der Waals surface area contributed by atoms with Gasteiger partial charge in [-0.25, -0.2) is 4.79 Å². The second-order valence-corrected chi connectivity index (χ2v) is 6.16. The van der Waals surface area contributed by atoms with Crippen LogP contribution in [0.1, 0.15) is 66.1 Å². The molecule has 0 unspecified atom stereocenters. The van der Waals surface area contributed by atoms with Crippen LogP contribution in [0.3, 0.4) is 0 Å². The Morgan fingerprint density at radius 1 is 1.10 bits per heavy atom. The molecule has 0 atom stereocenters. The number of aromatic carboxylic acids is 1. The fourth-order valence-electron chi connectivity index (χ4n) is 3.14. The molecule has 1 N–H and O–H groups in total. The Kier molecular flexibility index (Phi) is 3.99. The zero-order chi connectivity index (χ0) is 14.8. The van der Waals surface area contributed by atoms with Crippen LogP contribution in [0.15, 0.2) is 16.5 Å². The number of furan rings is 1. The molecule has 1 aromatic heterocycles. The van der Waals surface area contributed by atoms with E-state index in [0.29, 0.717) is 12.0 Å². The van der Waals surface area contributed by atoms with Gasteiger partial charge in [-0.15, -0.1) is 0 Å². The van der Waals surface area contributed by atoms with Crippen LogP contribution in [-0.4, -0.2) is 34.5 Å². The average molecular weight is 291 g/mol. The first-order chi connectivity index (χ1) is 10.1. The fourth-order valence-corrected chi connectivity index (χ4v) is 3.14. The summed E-state index contributed by atoms with van der Waals surface area (Å²) in [6.07, 6.45) is 8.27. The first-order valence-electron chi connectivity index (χ1n) is 7.79. The number of carboxylic acids is 1. The van der Waals surface area contributed by atoms with Gasteiger partial charge in [-0.3, -0.25) is 4.79 Å². The second-order valence-electron chi connectivity index (χ2n) is 6.16. The highest BCUT2D eigenvalue weighted by Crippen LogP contribution is 2.32. The van der Waals surface area contributed by atoms with Gasteiger partial charge in [0.2, 0.25) is 5.76 Å². The van der Waals surface area contributed by atoms with Crippen molar-refractivity contribution in [2.45, 2.75) is 51.0 Å². The molecule has 0 saturated heterocycles. The lowest BCUT2D eigenvalue weighted by Crippen LogP contribution is -2.37. The summed E-state index contributed by atoms with van der Waals surface area (Å²) in [7, 11) is 0. The lowest BCUT2D eigenvalue weighted by atomic mass is 9.89. The molecule has 21 heavy (non-hydrogen) atoms. The van der Waals surface area contributed by atoms with Crippen molar-refractivity contribution in [3.8, 4) is 0 Å². The van der Waals surface area contributed by atoms with Gasteiger partial charge in [0.1, 0.15) is 0 Å². The highest BCUT2D eigenvalue weighted by Gasteiger charge is 2.36. The number of rotatable bonds is 5. The summed E-state index contributed by atoms with van der Waals surface area (Å²) in [5.74, 6) is -0.742. The molecule has 1 aromatic rings. The zero-order valence-electron chi connectivity index (χ0n) is 12.1. The minimum atomic E-state index is -1.14. The maximum atomic E-state index is 12.6. The molecular weight excluding hydrogens is 270 g/mol. The van der Waals surface area contributed by atoms with E-state index in [-0.39, 0.29) is 17.4 Å².